The lowest BCUT2D eigenvalue weighted by Crippen LogP contribution is -2.42. The first-order valence-corrected chi connectivity index (χ1v) is 7.03. The van der Waals surface area contributed by atoms with E-state index in [1.807, 2.05) is 6.92 Å². The van der Waals surface area contributed by atoms with E-state index < -0.39 is 11.5 Å². The largest absolute Gasteiger partial charge is 0.389 e. The number of amides is 2. The first kappa shape index (κ1) is 13.1. The molecule has 1 aliphatic heterocycles. The van der Waals surface area contributed by atoms with Crippen LogP contribution in [0, 0.1) is 23.2 Å². The summed E-state index contributed by atoms with van der Waals surface area (Å²) >= 11 is 0. The van der Waals surface area contributed by atoms with Crippen LogP contribution in [-0.4, -0.2) is 48.2 Å². The molecular weight excluding hydrogens is 246 g/mol. The molecule has 1 heterocycles. The van der Waals surface area contributed by atoms with E-state index in [9.17, 15) is 14.7 Å². The second kappa shape index (κ2) is 4.28. The van der Waals surface area contributed by atoms with Crippen molar-refractivity contribution >= 4 is 11.8 Å². The van der Waals surface area contributed by atoms with Gasteiger partial charge in [0, 0.05) is 7.11 Å². The number of hydrogen-bond acceptors (Lipinski definition) is 4. The van der Waals surface area contributed by atoms with Gasteiger partial charge in [0.1, 0.15) is 0 Å². The summed E-state index contributed by atoms with van der Waals surface area (Å²) in [5.74, 6) is 0.424. The molecule has 0 aromatic rings. The molecule has 2 bridgehead atoms. The van der Waals surface area contributed by atoms with Crippen molar-refractivity contribution in [2.45, 2.75) is 32.3 Å². The normalized spacial score (nSPS) is 42.1. The Kier molecular flexibility index (Phi) is 2.94. The third-order valence-electron chi connectivity index (χ3n) is 5.43. The molecule has 3 fully saturated rings. The maximum absolute atomic E-state index is 12.6. The number of nitrogens with zero attached hydrogens (tertiary/aromatic N) is 1. The summed E-state index contributed by atoms with van der Waals surface area (Å²) in [6.07, 6.45) is 2.36. The number of likely N-dealkylation sites (tertiary alicyclic amines) is 1. The minimum atomic E-state index is -0.794. The van der Waals surface area contributed by atoms with E-state index in [1.165, 1.54) is 12.0 Å². The van der Waals surface area contributed by atoms with Gasteiger partial charge < -0.3 is 9.84 Å². The molecule has 19 heavy (non-hydrogen) atoms. The van der Waals surface area contributed by atoms with Crippen LogP contribution in [0.25, 0.3) is 0 Å². The van der Waals surface area contributed by atoms with E-state index in [-0.39, 0.29) is 30.9 Å². The predicted octanol–water partition coefficient (Wildman–Crippen LogP) is 0.415. The Labute approximate surface area is 112 Å². The zero-order chi connectivity index (χ0) is 13.8. The van der Waals surface area contributed by atoms with E-state index in [1.54, 1.807) is 0 Å². The molecule has 106 valence electrons. The van der Waals surface area contributed by atoms with Crippen LogP contribution in [0.3, 0.4) is 0 Å². The van der Waals surface area contributed by atoms with Crippen LogP contribution in [0.2, 0.25) is 0 Å². The van der Waals surface area contributed by atoms with Crippen LogP contribution >= 0.6 is 0 Å². The monoisotopic (exact) mass is 267 g/mol. The molecule has 0 radical (unpaired) electrons. The molecule has 0 unspecified atom stereocenters. The molecule has 3 aliphatic rings. The molecule has 2 aliphatic carbocycles. The van der Waals surface area contributed by atoms with Crippen LogP contribution in [0.5, 0.6) is 0 Å². The number of fused-ring (bicyclic) bond motifs is 5. The number of imide groups is 1. The van der Waals surface area contributed by atoms with Crippen LogP contribution in [-0.2, 0) is 14.3 Å². The van der Waals surface area contributed by atoms with Gasteiger partial charge in [0.2, 0.25) is 11.8 Å². The number of methoxy groups -OCH3 is 1. The van der Waals surface area contributed by atoms with Gasteiger partial charge in [0.15, 0.2) is 0 Å². The smallest absolute Gasteiger partial charge is 0.236 e. The average molecular weight is 267 g/mol. The zero-order valence-corrected chi connectivity index (χ0v) is 11.5. The number of carbonyl (C=O) groups excluding carboxylic acids is 2. The quantitative estimate of drug-likeness (QED) is 0.749. The van der Waals surface area contributed by atoms with Gasteiger partial charge in [-0.05, 0) is 38.0 Å². The Morgan fingerprint density at radius 2 is 2.21 bits per heavy atom. The summed E-state index contributed by atoms with van der Waals surface area (Å²) in [5, 5.41) is 9.77. The molecule has 1 N–H and O–H groups in total. The fraction of sp³-hybridized carbons (Fsp3) is 0.857. The van der Waals surface area contributed by atoms with E-state index in [4.69, 9.17) is 4.74 Å². The van der Waals surface area contributed by atoms with Crippen molar-refractivity contribution in [2.75, 3.05) is 20.3 Å². The lowest BCUT2D eigenvalue weighted by atomic mass is 9.69. The lowest BCUT2D eigenvalue weighted by Gasteiger charge is -2.31. The number of carbonyl (C=O) groups is 2. The second-order valence-electron chi connectivity index (χ2n) is 6.39. The van der Waals surface area contributed by atoms with Gasteiger partial charge in [-0.1, -0.05) is 0 Å². The third-order valence-corrected chi connectivity index (χ3v) is 5.43. The Hall–Kier alpha value is -0.940. The van der Waals surface area contributed by atoms with Gasteiger partial charge in [-0.2, -0.15) is 0 Å². The molecule has 0 aromatic carbocycles. The standard InChI is InChI=1S/C14H21NO4/c1-14-9-4-3-8(5-9)11(14)12(17)15(13(14)18)6-10(16)7-19-2/h8-11,16H,3-7H2,1-2H3/t8-,9+,10+,11+,14+/m1/s1. The summed E-state index contributed by atoms with van der Waals surface area (Å²) in [6.45, 7) is 2.16. The molecule has 3 rings (SSSR count). The second-order valence-corrected chi connectivity index (χ2v) is 6.39. The molecule has 2 amide bonds. The molecular formula is C14H21NO4. The van der Waals surface area contributed by atoms with Crippen LogP contribution in [0.1, 0.15) is 26.2 Å². The highest BCUT2D eigenvalue weighted by Crippen LogP contribution is 2.63. The summed E-state index contributed by atoms with van der Waals surface area (Å²) in [6, 6.07) is 0. The number of hydrogen-bond donors (Lipinski definition) is 1. The molecule has 0 aromatic heterocycles. The minimum Gasteiger partial charge on any atom is -0.389 e. The predicted molar refractivity (Wildman–Crippen MR) is 67.0 cm³/mol. The first-order valence-electron chi connectivity index (χ1n) is 7.03. The van der Waals surface area contributed by atoms with Gasteiger partial charge in [0.25, 0.3) is 0 Å². The zero-order valence-electron chi connectivity index (χ0n) is 11.5. The van der Waals surface area contributed by atoms with Gasteiger partial charge >= 0.3 is 0 Å². The third kappa shape index (κ3) is 1.61. The first-order chi connectivity index (χ1) is 9.00. The highest BCUT2D eigenvalue weighted by atomic mass is 16.5. The van der Waals surface area contributed by atoms with Crippen LogP contribution in [0.15, 0.2) is 0 Å². The van der Waals surface area contributed by atoms with Gasteiger partial charge in [-0.3, -0.25) is 14.5 Å². The Balaban J connectivity index is 1.82. The summed E-state index contributed by atoms with van der Waals surface area (Å²) in [7, 11) is 1.49. The van der Waals surface area contributed by atoms with Crippen molar-refractivity contribution in [1.29, 1.82) is 0 Å². The molecule has 5 nitrogen and oxygen atoms in total. The molecule has 1 saturated heterocycles. The number of rotatable bonds is 4. The van der Waals surface area contributed by atoms with Crippen LogP contribution < -0.4 is 0 Å². The summed E-state index contributed by atoms with van der Waals surface area (Å²) in [4.78, 5) is 26.4. The van der Waals surface area contributed by atoms with Crippen molar-refractivity contribution in [2.24, 2.45) is 23.2 Å². The number of aliphatic hydroxyl groups excluding tert-OH is 1. The number of aliphatic hydroxyl groups is 1. The summed E-state index contributed by atoms with van der Waals surface area (Å²) < 4.78 is 4.86. The van der Waals surface area contributed by atoms with Gasteiger partial charge in [-0.15, -0.1) is 0 Å². The van der Waals surface area contributed by atoms with Gasteiger partial charge in [0.05, 0.1) is 30.6 Å². The molecule has 0 spiro atoms. The Morgan fingerprint density at radius 3 is 2.84 bits per heavy atom. The molecule has 2 saturated carbocycles. The van der Waals surface area contributed by atoms with Crippen molar-refractivity contribution in [1.82, 2.24) is 4.90 Å². The minimum absolute atomic E-state index is 0.0665. The SMILES string of the molecule is COC[C@@H](O)CN1C(=O)[C@@H]2[C@@H]3CC[C@@H](C3)[C@]2(C)C1=O. The van der Waals surface area contributed by atoms with Crippen molar-refractivity contribution < 1.29 is 19.4 Å². The highest BCUT2D eigenvalue weighted by molar-refractivity contribution is 6.08. The Morgan fingerprint density at radius 1 is 1.47 bits per heavy atom. The molecule has 5 atom stereocenters. The summed E-state index contributed by atoms with van der Waals surface area (Å²) in [5.41, 5.74) is -0.507. The van der Waals surface area contributed by atoms with Crippen molar-refractivity contribution in [3.05, 3.63) is 0 Å². The van der Waals surface area contributed by atoms with E-state index in [0.717, 1.165) is 19.3 Å². The fourth-order valence-electron chi connectivity index (χ4n) is 4.56. The molecule has 5 heteroatoms. The topological polar surface area (TPSA) is 66.8 Å². The number of ether oxygens (including phenoxy) is 1. The van der Waals surface area contributed by atoms with Gasteiger partial charge in [-0.25, -0.2) is 0 Å². The fourth-order valence-corrected chi connectivity index (χ4v) is 4.56. The lowest BCUT2D eigenvalue weighted by molar-refractivity contribution is -0.144. The number of β-amino-alcohol motifs (C(OH)–C–C–N with tert-alkyl or cyclic N) is 1. The average Bonchev–Trinajstić information content (AvgIpc) is 2.98. The van der Waals surface area contributed by atoms with Crippen molar-refractivity contribution in [3.63, 3.8) is 0 Å². The highest BCUT2D eigenvalue weighted by Gasteiger charge is 2.68. The van der Waals surface area contributed by atoms with E-state index in [0.29, 0.717) is 11.8 Å². The maximum atomic E-state index is 12.6. The van der Waals surface area contributed by atoms with Crippen molar-refractivity contribution in [3.8, 4) is 0 Å². The van der Waals surface area contributed by atoms with E-state index >= 15 is 0 Å². The maximum Gasteiger partial charge on any atom is 0.236 e. The van der Waals surface area contributed by atoms with Crippen LogP contribution in [0.4, 0.5) is 0 Å². The van der Waals surface area contributed by atoms with E-state index in [2.05, 4.69) is 0 Å². The Bertz CT molecular complexity index is 424.